The molecule has 3 aromatic heterocycles. The molecule has 0 saturated carbocycles. The van der Waals surface area contributed by atoms with Crippen LogP contribution in [0.4, 0.5) is 16.2 Å². The third kappa shape index (κ3) is 4.19. The van der Waals surface area contributed by atoms with Crippen LogP contribution >= 0.6 is 0 Å². The Labute approximate surface area is 200 Å². The monoisotopic (exact) mass is 469 g/mol. The van der Waals surface area contributed by atoms with Crippen molar-refractivity contribution < 1.29 is 4.79 Å². The maximum absolute atomic E-state index is 13.0. The predicted molar refractivity (Wildman–Crippen MR) is 133 cm³/mol. The second-order valence-electron chi connectivity index (χ2n) is 8.54. The Bertz CT molecular complexity index is 1570. The molecule has 5 rings (SSSR count). The van der Waals surface area contributed by atoms with Crippen molar-refractivity contribution in [2.75, 3.05) is 18.4 Å². The van der Waals surface area contributed by atoms with Crippen LogP contribution in [0.2, 0.25) is 0 Å². The molecule has 0 aliphatic carbocycles. The van der Waals surface area contributed by atoms with Gasteiger partial charge in [0.2, 0.25) is 0 Å². The first-order valence-corrected chi connectivity index (χ1v) is 11.2. The van der Waals surface area contributed by atoms with Crippen molar-refractivity contribution >= 4 is 28.6 Å². The van der Waals surface area contributed by atoms with E-state index in [1.807, 2.05) is 18.2 Å². The highest BCUT2D eigenvalue weighted by Gasteiger charge is 2.26. The van der Waals surface area contributed by atoms with Crippen LogP contribution in [0.5, 0.6) is 0 Å². The number of carbonyl (C=O) groups is 1. The molecule has 4 aromatic rings. The predicted octanol–water partition coefficient (Wildman–Crippen LogP) is 3.51. The second kappa shape index (κ2) is 8.95. The van der Waals surface area contributed by atoms with Crippen LogP contribution in [-0.4, -0.2) is 43.1 Å². The number of nitrogens with one attached hydrogen (secondary N) is 2. The fourth-order valence-corrected chi connectivity index (χ4v) is 4.53. The molecule has 1 aliphatic rings. The Balaban J connectivity index is 1.31. The number of aromatic nitrogens is 4. The number of piperidine rings is 1. The lowest BCUT2D eigenvalue weighted by atomic mass is 10.0. The number of hydrogen-bond donors (Lipinski definition) is 2. The fourth-order valence-electron chi connectivity index (χ4n) is 4.53. The zero-order valence-electron chi connectivity index (χ0n) is 19.1. The Morgan fingerprint density at radius 3 is 2.60 bits per heavy atom. The summed E-state index contributed by atoms with van der Waals surface area (Å²) in [7, 11) is 1.63. The molecular formula is C25H23N7O3. The van der Waals surface area contributed by atoms with Gasteiger partial charge in [0.1, 0.15) is 5.69 Å². The smallest absolute Gasteiger partial charge is 0.324 e. The van der Waals surface area contributed by atoms with Crippen molar-refractivity contribution in [3.63, 3.8) is 0 Å². The second-order valence-corrected chi connectivity index (χ2v) is 8.54. The molecule has 1 aliphatic heterocycles. The van der Waals surface area contributed by atoms with E-state index in [9.17, 15) is 14.4 Å². The summed E-state index contributed by atoms with van der Waals surface area (Å²) in [6.07, 6.45) is 4.56. The standard InChI is InChI=1S/C25H23N7O3/c1-26-18-7-5-16(6-8-18)17-14-20(23(33)30(2)15-17)28-24(34)31-12-9-19(10-13-31)32-21-4-3-11-27-22(21)29-25(32)35/h3-8,11,14-15,19H,9-10,12-13H2,2H3,(H,28,34)(H,27,29,35). The average molecular weight is 470 g/mol. The molecule has 1 fully saturated rings. The summed E-state index contributed by atoms with van der Waals surface area (Å²) >= 11 is 0. The number of fused-ring (bicyclic) bond motifs is 1. The van der Waals surface area contributed by atoms with Crippen LogP contribution in [0.3, 0.4) is 0 Å². The van der Waals surface area contributed by atoms with Crippen LogP contribution in [0, 0.1) is 6.57 Å². The minimum atomic E-state index is -0.353. The summed E-state index contributed by atoms with van der Waals surface area (Å²) in [6.45, 7) is 8.00. The molecule has 0 atom stereocenters. The van der Waals surface area contributed by atoms with E-state index in [2.05, 4.69) is 20.1 Å². The van der Waals surface area contributed by atoms with E-state index in [-0.39, 0.29) is 29.0 Å². The normalized spacial score (nSPS) is 14.1. The quantitative estimate of drug-likeness (QED) is 0.448. The Kier molecular flexibility index (Phi) is 5.66. The van der Waals surface area contributed by atoms with Crippen LogP contribution in [-0.2, 0) is 7.05 Å². The number of hydrogen-bond acceptors (Lipinski definition) is 4. The van der Waals surface area contributed by atoms with Crippen LogP contribution in [0.1, 0.15) is 18.9 Å². The van der Waals surface area contributed by atoms with Crippen LogP contribution in [0.15, 0.2) is 64.4 Å². The number of likely N-dealkylation sites (tertiary alicyclic amines) is 1. The molecular weight excluding hydrogens is 446 g/mol. The molecule has 10 nitrogen and oxygen atoms in total. The van der Waals surface area contributed by atoms with Gasteiger partial charge in [0, 0.05) is 44.1 Å². The van der Waals surface area contributed by atoms with Gasteiger partial charge in [0.25, 0.3) is 5.56 Å². The lowest BCUT2D eigenvalue weighted by molar-refractivity contribution is 0.184. The number of urea groups is 1. The zero-order chi connectivity index (χ0) is 24.5. The molecule has 0 radical (unpaired) electrons. The molecule has 0 bridgehead atoms. The first kappa shape index (κ1) is 22.2. The number of aryl methyl sites for hydroxylation is 1. The SMILES string of the molecule is [C-]#[N+]c1ccc(-c2cc(NC(=O)N3CCC(n4c(=O)[nH]c5ncccc54)CC3)c(=O)n(C)c2)cc1. The molecule has 1 saturated heterocycles. The minimum absolute atomic E-state index is 0.0425. The molecule has 176 valence electrons. The lowest BCUT2D eigenvalue weighted by Gasteiger charge is -2.32. The van der Waals surface area contributed by atoms with Crippen molar-refractivity contribution in [3.8, 4) is 11.1 Å². The van der Waals surface area contributed by atoms with E-state index >= 15 is 0 Å². The third-order valence-corrected chi connectivity index (χ3v) is 6.36. The molecule has 10 heteroatoms. The highest BCUT2D eigenvalue weighted by molar-refractivity contribution is 5.90. The molecule has 35 heavy (non-hydrogen) atoms. The number of anilines is 1. The lowest BCUT2D eigenvalue weighted by Crippen LogP contribution is -2.43. The number of benzene rings is 1. The first-order valence-electron chi connectivity index (χ1n) is 11.2. The summed E-state index contributed by atoms with van der Waals surface area (Å²) in [5.74, 6) is 0. The summed E-state index contributed by atoms with van der Waals surface area (Å²) in [4.78, 5) is 50.2. The van der Waals surface area contributed by atoms with Gasteiger partial charge in [-0.25, -0.2) is 19.4 Å². The van der Waals surface area contributed by atoms with Crippen molar-refractivity contribution in [2.45, 2.75) is 18.9 Å². The van der Waals surface area contributed by atoms with E-state index in [0.717, 1.165) is 16.6 Å². The van der Waals surface area contributed by atoms with Crippen molar-refractivity contribution in [1.29, 1.82) is 0 Å². The van der Waals surface area contributed by atoms with Gasteiger partial charge in [0.05, 0.1) is 12.1 Å². The molecule has 1 aromatic carbocycles. The van der Waals surface area contributed by atoms with E-state index in [1.165, 1.54) is 4.57 Å². The molecule has 2 N–H and O–H groups in total. The number of carbonyl (C=O) groups excluding carboxylic acids is 1. The van der Waals surface area contributed by atoms with Crippen molar-refractivity contribution in [3.05, 3.63) is 87.1 Å². The molecule has 4 heterocycles. The summed E-state index contributed by atoms with van der Waals surface area (Å²) in [6, 6.07) is 12.0. The number of aromatic amines is 1. The Hall–Kier alpha value is -4.65. The molecule has 2 amide bonds. The van der Waals surface area contributed by atoms with Gasteiger partial charge >= 0.3 is 11.7 Å². The number of pyridine rings is 2. The van der Waals surface area contributed by atoms with Crippen LogP contribution < -0.4 is 16.6 Å². The maximum atomic E-state index is 13.0. The number of nitrogens with zero attached hydrogens (tertiary/aromatic N) is 5. The minimum Gasteiger partial charge on any atom is -0.324 e. The van der Waals surface area contributed by atoms with Gasteiger partial charge in [-0.05, 0) is 36.6 Å². The highest BCUT2D eigenvalue weighted by atomic mass is 16.2. The average Bonchev–Trinajstić information content (AvgIpc) is 3.22. The maximum Gasteiger partial charge on any atom is 0.327 e. The van der Waals surface area contributed by atoms with Gasteiger partial charge in [0.15, 0.2) is 11.3 Å². The Morgan fingerprint density at radius 2 is 1.89 bits per heavy atom. The van der Waals surface area contributed by atoms with Crippen LogP contribution in [0.25, 0.3) is 27.1 Å². The van der Waals surface area contributed by atoms with Crippen molar-refractivity contribution in [2.24, 2.45) is 7.05 Å². The summed E-state index contributed by atoms with van der Waals surface area (Å²) in [5, 5.41) is 2.76. The third-order valence-electron chi connectivity index (χ3n) is 6.36. The van der Waals surface area contributed by atoms with E-state index in [1.54, 1.807) is 53.2 Å². The topological polar surface area (TPSA) is 109 Å². The van der Waals surface area contributed by atoms with Gasteiger partial charge in [-0.3, -0.25) is 14.3 Å². The largest absolute Gasteiger partial charge is 0.327 e. The zero-order valence-corrected chi connectivity index (χ0v) is 19.1. The van der Waals surface area contributed by atoms with E-state index < -0.39 is 0 Å². The first-order chi connectivity index (χ1) is 16.9. The number of rotatable bonds is 3. The number of imidazole rings is 1. The number of amides is 2. The summed E-state index contributed by atoms with van der Waals surface area (Å²) in [5.41, 5.74) is 3.10. The van der Waals surface area contributed by atoms with Crippen molar-refractivity contribution in [1.82, 2.24) is 24.0 Å². The van der Waals surface area contributed by atoms with Gasteiger partial charge in [-0.15, -0.1) is 0 Å². The molecule has 0 unspecified atom stereocenters. The highest BCUT2D eigenvalue weighted by Crippen LogP contribution is 2.26. The fraction of sp³-hybridized carbons (Fsp3) is 0.240. The summed E-state index contributed by atoms with van der Waals surface area (Å²) < 4.78 is 3.15. The van der Waals surface area contributed by atoms with E-state index in [4.69, 9.17) is 6.57 Å². The number of H-pyrrole nitrogens is 1. The van der Waals surface area contributed by atoms with E-state index in [0.29, 0.717) is 37.3 Å². The van der Waals surface area contributed by atoms with Gasteiger partial charge in [-0.2, -0.15) is 0 Å². The van der Waals surface area contributed by atoms with Gasteiger partial charge in [-0.1, -0.05) is 24.3 Å². The Morgan fingerprint density at radius 1 is 1.14 bits per heavy atom. The van der Waals surface area contributed by atoms with Gasteiger partial charge < -0.3 is 14.8 Å². The molecule has 0 spiro atoms.